The van der Waals surface area contributed by atoms with Crippen LogP contribution in [0.5, 0.6) is 0 Å². The van der Waals surface area contributed by atoms with Gasteiger partial charge in [-0.05, 0) is 26.0 Å². The molecule has 0 fully saturated rings. The summed E-state index contributed by atoms with van der Waals surface area (Å²) in [6.07, 6.45) is 0. The maximum absolute atomic E-state index is 12.0. The largest absolute Gasteiger partial charge is 0.455 e. The van der Waals surface area contributed by atoms with Crippen LogP contribution in [0.1, 0.15) is 30.2 Å². The van der Waals surface area contributed by atoms with Crippen LogP contribution in [0.3, 0.4) is 0 Å². The summed E-state index contributed by atoms with van der Waals surface area (Å²) in [5.41, 5.74) is 4.77. The summed E-state index contributed by atoms with van der Waals surface area (Å²) in [6.45, 7) is 3.70. The number of amides is 1. The van der Waals surface area contributed by atoms with E-state index >= 15 is 0 Å². The van der Waals surface area contributed by atoms with Crippen molar-refractivity contribution < 1.29 is 14.3 Å². The van der Waals surface area contributed by atoms with Gasteiger partial charge in [-0.25, -0.2) is 0 Å². The smallest absolute Gasteiger partial charge is 0.289 e. The van der Waals surface area contributed by atoms with Crippen LogP contribution in [0, 0.1) is 0 Å². The number of furan rings is 1. The van der Waals surface area contributed by atoms with E-state index in [1.165, 1.54) is 4.90 Å². The minimum Gasteiger partial charge on any atom is -0.455 e. The average molecular weight is 226 g/mol. The van der Waals surface area contributed by atoms with Gasteiger partial charge in [0.1, 0.15) is 5.76 Å². The van der Waals surface area contributed by atoms with Gasteiger partial charge < -0.3 is 20.2 Å². The summed E-state index contributed by atoms with van der Waals surface area (Å²) in [6, 6.07) is 3.27. The third-order valence-electron chi connectivity index (χ3n) is 2.67. The highest BCUT2D eigenvalue weighted by Gasteiger charge is 2.29. The molecule has 5 nitrogen and oxygen atoms in total. The second kappa shape index (κ2) is 4.67. The van der Waals surface area contributed by atoms with Crippen molar-refractivity contribution in [2.45, 2.75) is 25.9 Å². The Labute approximate surface area is 94.8 Å². The van der Waals surface area contributed by atoms with E-state index in [1.54, 1.807) is 33.0 Å². The van der Waals surface area contributed by atoms with Crippen molar-refractivity contribution in [3.05, 3.63) is 23.7 Å². The van der Waals surface area contributed by atoms with E-state index in [0.717, 1.165) is 0 Å². The van der Waals surface area contributed by atoms with Gasteiger partial charge in [0.15, 0.2) is 5.76 Å². The second-order valence-electron chi connectivity index (χ2n) is 4.30. The molecule has 0 aromatic carbocycles. The highest BCUT2D eigenvalue weighted by molar-refractivity contribution is 5.91. The minimum absolute atomic E-state index is 0.111. The summed E-state index contributed by atoms with van der Waals surface area (Å²) in [4.78, 5) is 13.4. The van der Waals surface area contributed by atoms with E-state index in [4.69, 9.17) is 15.3 Å². The summed E-state index contributed by atoms with van der Waals surface area (Å²) >= 11 is 0. The Bertz CT molecular complexity index is 371. The Morgan fingerprint density at radius 3 is 2.62 bits per heavy atom. The summed E-state index contributed by atoms with van der Waals surface area (Å²) in [5.74, 6) is 0.543. The molecule has 3 N–H and O–H groups in total. The topological polar surface area (TPSA) is 79.7 Å². The molecule has 1 aromatic heterocycles. The number of rotatable bonds is 4. The number of nitrogens with zero attached hydrogens (tertiary/aromatic N) is 1. The molecule has 0 aliphatic rings. The molecule has 0 unspecified atom stereocenters. The zero-order valence-corrected chi connectivity index (χ0v) is 9.86. The van der Waals surface area contributed by atoms with Gasteiger partial charge >= 0.3 is 0 Å². The summed E-state index contributed by atoms with van der Waals surface area (Å²) in [7, 11) is 1.63. The molecule has 1 amide bonds. The van der Waals surface area contributed by atoms with Crippen molar-refractivity contribution in [1.82, 2.24) is 4.90 Å². The quantitative estimate of drug-likeness (QED) is 0.787. The van der Waals surface area contributed by atoms with Gasteiger partial charge in [0.25, 0.3) is 5.91 Å². The lowest BCUT2D eigenvalue weighted by Crippen LogP contribution is -2.47. The number of likely N-dealkylation sites (N-methyl/N-ethyl adjacent to an activating group) is 1. The van der Waals surface area contributed by atoms with E-state index in [0.29, 0.717) is 5.76 Å². The fourth-order valence-corrected chi connectivity index (χ4v) is 1.15. The van der Waals surface area contributed by atoms with E-state index in [-0.39, 0.29) is 24.8 Å². The number of aliphatic hydroxyl groups is 1. The Hall–Kier alpha value is -1.33. The van der Waals surface area contributed by atoms with E-state index < -0.39 is 5.54 Å². The number of hydrogen-bond acceptors (Lipinski definition) is 4. The number of carbonyl (C=O) groups is 1. The van der Waals surface area contributed by atoms with Crippen LogP contribution in [0.2, 0.25) is 0 Å². The maximum Gasteiger partial charge on any atom is 0.289 e. The molecule has 0 atom stereocenters. The maximum atomic E-state index is 12.0. The lowest BCUT2D eigenvalue weighted by Gasteiger charge is -2.33. The highest BCUT2D eigenvalue weighted by Crippen LogP contribution is 2.16. The molecule has 1 rings (SSSR count). The van der Waals surface area contributed by atoms with Crippen molar-refractivity contribution in [3.63, 3.8) is 0 Å². The Morgan fingerprint density at radius 2 is 2.19 bits per heavy atom. The van der Waals surface area contributed by atoms with Crippen LogP contribution in [0.4, 0.5) is 0 Å². The van der Waals surface area contributed by atoms with E-state index in [2.05, 4.69) is 0 Å². The van der Waals surface area contributed by atoms with Crippen molar-refractivity contribution in [1.29, 1.82) is 0 Å². The number of nitrogens with two attached hydrogens (primary N) is 1. The molecule has 0 aliphatic heterocycles. The van der Waals surface area contributed by atoms with Gasteiger partial charge in [-0.2, -0.15) is 0 Å². The highest BCUT2D eigenvalue weighted by atomic mass is 16.4. The molecule has 0 saturated carbocycles. The standard InChI is InChI=1S/C11H18N2O3/c1-11(2,7-14)13(3)10(15)9-5-4-8(6-12)16-9/h4-5,14H,6-7,12H2,1-3H3. The molecule has 1 aromatic rings. The SMILES string of the molecule is CN(C(=O)c1ccc(CN)o1)C(C)(C)CO. The van der Waals surface area contributed by atoms with E-state index in [1.807, 2.05) is 0 Å². The van der Waals surface area contributed by atoms with Crippen LogP contribution in [0.25, 0.3) is 0 Å². The van der Waals surface area contributed by atoms with Gasteiger partial charge in [-0.15, -0.1) is 0 Å². The van der Waals surface area contributed by atoms with Gasteiger partial charge in [-0.3, -0.25) is 4.79 Å². The first kappa shape index (κ1) is 12.7. The van der Waals surface area contributed by atoms with Crippen LogP contribution >= 0.6 is 0 Å². The second-order valence-corrected chi connectivity index (χ2v) is 4.30. The van der Waals surface area contributed by atoms with Gasteiger partial charge in [-0.1, -0.05) is 0 Å². The normalized spacial score (nSPS) is 11.6. The summed E-state index contributed by atoms with van der Waals surface area (Å²) in [5, 5.41) is 9.17. The van der Waals surface area contributed by atoms with Crippen molar-refractivity contribution in [2.24, 2.45) is 5.73 Å². The first-order valence-corrected chi connectivity index (χ1v) is 5.10. The zero-order valence-electron chi connectivity index (χ0n) is 9.86. The zero-order chi connectivity index (χ0) is 12.3. The Morgan fingerprint density at radius 1 is 1.56 bits per heavy atom. The first-order chi connectivity index (χ1) is 7.42. The monoisotopic (exact) mass is 226 g/mol. The molecule has 0 aliphatic carbocycles. The molecule has 0 bridgehead atoms. The van der Waals surface area contributed by atoms with Crippen LogP contribution in [0.15, 0.2) is 16.5 Å². The van der Waals surface area contributed by atoms with Crippen LogP contribution in [-0.2, 0) is 6.54 Å². The van der Waals surface area contributed by atoms with Gasteiger partial charge in [0.2, 0.25) is 0 Å². The molecule has 1 heterocycles. The molecule has 0 radical (unpaired) electrons. The Balaban J connectivity index is 2.85. The molecular weight excluding hydrogens is 208 g/mol. The number of carbonyl (C=O) groups excluding carboxylic acids is 1. The predicted molar refractivity (Wildman–Crippen MR) is 59.9 cm³/mol. The third kappa shape index (κ3) is 2.43. The lowest BCUT2D eigenvalue weighted by molar-refractivity contribution is 0.0443. The molecular formula is C11H18N2O3. The van der Waals surface area contributed by atoms with Gasteiger partial charge in [0, 0.05) is 7.05 Å². The average Bonchev–Trinajstić information content (AvgIpc) is 2.75. The van der Waals surface area contributed by atoms with Crippen LogP contribution in [-0.4, -0.2) is 35.1 Å². The predicted octanol–water partition coefficient (Wildman–Crippen LogP) is 0.581. The molecule has 0 saturated heterocycles. The van der Waals surface area contributed by atoms with Crippen molar-refractivity contribution in [2.75, 3.05) is 13.7 Å². The minimum atomic E-state index is -0.618. The van der Waals surface area contributed by atoms with Crippen LogP contribution < -0.4 is 5.73 Å². The fourth-order valence-electron chi connectivity index (χ4n) is 1.15. The first-order valence-electron chi connectivity index (χ1n) is 5.10. The van der Waals surface area contributed by atoms with Gasteiger partial charge in [0.05, 0.1) is 18.7 Å². The summed E-state index contributed by atoms with van der Waals surface area (Å²) < 4.78 is 5.26. The number of aliphatic hydroxyl groups excluding tert-OH is 1. The molecule has 16 heavy (non-hydrogen) atoms. The lowest BCUT2D eigenvalue weighted by atomic mass is 10.1. The molecule has 90 valence electrons. The third-order valence-corrected chi connectivity index (χ3v) is 2.67. The van der Waals surface area contributed by atoms with E-state index in [9.17, 15) is 4.79 Å². The number of hydrogen-bond donors (Lipinski definition) is 2. The Kier molecular flexibility index (Phi) is 3.72. The van der Waals surface area contributed by atoms with Crippen molar-refractivity contribution in [3.8, 4) is 0 Å². The van der Waals surface area contributed by atoms with Crippen molar-refractivity contribution >= 4 is 5.91 Å². The molecule has 0 spiro atoms. The molecule has 5 heteroatoms. The fraction of sp³-hybridized carbons (Fsp3) is 0.545.